The molecule has 0 radical (unpaired) electrons. The van der Waals surface area contributed by atoms with Crippen molar-refractivity contribution in [2.45, 2.75) is 0 Å². The van der Waals surface area contributed by atoms with Crippen LogP contribution in [0, 0.1) is 4.77 Å². The molecule has 6 heteroatoms. The predicted molar refractivity (Wildman–Crippen MR) is 98.8 cm³/mol. The number of nitrogens with one attached hydrogen (secondary N) is 1. The Labute approximate surface area is 144 Å². The lowest BCUT2D eigenvalue weighted by atomic mass is 10.2. The van der Waals surface area contributed by atoms with Crippen molar-refractivity contribution in [3.63, 3.8) is 0 Å². The highest BCUT2D eigenvalue weighted by Crippen LogP contribution is 2.22. The Morgan fingerprint density at radius 2 is 2.00 bits per heavy atom. The molecular formula is C18H16N4OS. The summed E-state index contributed by atoms with van der Waals surface area (Å²) in [5.41, 5.74) is 1.97. The first kappa shape index (κ1) is 15.9. The zero-order valence-corrected chi connectivity index (χ0v) is 13.9. The second kappa shape index (κ2) is 7.52. The summed E-state index contributed by atoms with van der Waals surface area (Å²) >= 11 is 5.25. The van der Waals surface area contributed by atoms with E-state index in [-0.39, 0.29) is 0 Å². The van der Waals surface area contributed by atoms with E-state index in [4.69, 9.17) is 17.0 Å². The molecule has 1 heterocycles. The van der Waals surface area contributed by atoms with E-state index in [0.29, 0.717) is 10.6 Å². The van der Waals surface area contributed by atoms with Crippen LogP contribution in [-0.4, -0.2) is 28.2 Å². The molecule has 0 fully saturated rings. The number of hydrogen-bond acceptors (Lipinski definition) is 4. The highest BCUT2D eigenvalue weighted by atomic mass is 32.1. The van der Waals surface area contributed by atoms with Crippen molar-refractivity contribution in [3.8, 4) is 17.1 Å². The maximum Gasteiger partial charge on any atom is 0.216 e. The molecule has 1 N–H and O–H groups in total. The number of ether oxygens (including phenoxy) is 1. The standard InChI is InChI=1S/C18H16N4OS/c1-23-16-11-5-10-15(13-16)17-20-21-18(24)22(17)19-12-6-9-14-7-3-2-4-8-14/h2-13H,1H3,(H,21,24)/b9-6+,19-12+. The number of aromatic nitrogens is 3. The van der Waals surface area contributed by atoms with Gasteiger partial charge in [-0.1, -0.05) is 48.5 Å². The Morgan fingerprint density at radius 1 is 1.17 bits per heavy atom. The third kappa shape index (κ3) is 3.67. The quantitative estimate of drug-likeness (QED) is 0.562. The summed E-state index contributed by atoms with van der Waals surface area (Å²) in [6.45, 7) is 0. The van der Waals surface area contributed by atoms with E-state index in [0.717, 1.165) is 16.9 Å². The fourth-order valence-corrected chi connectivity index (χ4v) is 2.35. The van der Waals surface area contributed by atoms with Crippen LogP contribution >= 0.6 is 12.2 Å². The van der Waals surface area contributed by atoms with E-state index in [1.165, 1.54) is 0 Å². The highest BCUT2D eigenvalue weighted by Gasteiger charge is 2.08. The lowest BCUT2D eigenvalue weighted by Crippen LogP contribution is -1.94. The second-order valence-electron chi connectivity index (χ2n) is 4.93. The topological polar surface area (TPSA) is 55.2 Å². The molecule has 24 heavy (non-hydrogen) atoms. The van der Waals surface area contributed by atoms with Crippen molar-refractivity contribution in [2.24, 2.45) is 5.10 Å². The van der Waals surface area contributed by atoms with Crippen LogP contribution in [0.2, 0.25) is 0 Å². The number of benzene rings is 2. The van der Waals surface area contributed by atoms with Crippen molar-refractivity contribution >= 4 is 24.5 Å². The number of rotatable bonds is 5. The molecule has 2 aromatic carbocycles. The van der Waals surface area contributed by atoms with E-state index in [2.05, 4.69) is 15.3 Å². The fourth-order valence-electron chi connectivity index (χ4n) is 2.17. The third-order valence-corrected chi connectivity index (χ3v) is 3.60. The first-order chi connectivity index (χ1) is 11.8. The van der Waals surface area contributed by atoms with Crippen LogP contribution in [0.5, 0.6) is 5.75 Å². The molecule has 0 saturated carbocycles. The van der Waals surface area contributed by atoms with E-state index >= 15 is 0 Å². The number of aromatic amines is 1. The van der Waals surface area contributed by atoms with E-state index in [9.17, 15) is 0 Å². The SMILES string of the molecule is COc1cccc(-c2n[nH]c(=S)n2/N=C/C=C/c2ccccc2)c1. The van der Waals surface area contributed by atoms with Crippen molar-refractivity contribution in [2.75, 3.05) is 7.11 Å². The monoisotopic (exact) mass is 336 g/mol. The van der Waals surface area contributed by atoms with E-state index < -0.39 is 0 Å². The summed E-state index contributed by atoms with van der Waals surface area (Å²) < 4.78 is 7.26. The summed E-state index contributed by atoms with van der Waals surface area (Å²) in [5, 5.41) is 11.4. The number of hydrogen-bond donors (Lipinski definition) is 1. The predicted octanol–water partition coefficient (Wildman–Crippen LogP) is 4.16. The van der Waals surface area contributed by atoms with Gasteiger partial charge in [-0.3, -0.25) is 0 Å². The molecule has 0 bridgehead atoms. The molecule has 0 atom stereocenters. The Hall–Kier alpha value is -2.99. The minimum Gasteiger partial charge on any atom is -0.497 e. The lowest BCUT2D eigenvalue weighted by molar-refractivity contribution is 0.415. The number of allylic oxidation sites excluding steroid dienone is 1. The zero-order chi connectivity index (χ0) is 16.8. The maximum atomic E-state index is 5.25. The van der Waals surface area contributed by atoms with Gasteiger partial charge in [0, 0.05) is 11.8 Å². The largest absolute Gasteiger partial charge is 0.497 e. The van der Waals surface area contributed by atoms with Crippen LogP contribution in [0.1, 0.15) is 5.56 Å². The van der Waals surface area contributed by atoms with E-state index in [1.807, 2.05) is 66.7 Å². The van der Waals surface area contributed by atoms with Gasteiger partial charge in [0.25, 0.3) is 0 Å². The first-order valence-electron chi connectivity index (χ1n) is 7.36. The smallest absolute Gasteiger partial charge is 0.216 e. The molecule has 3 aromatic rings. The van der Waals surface area contributed by atoms with Crippen molar-refractivity contribution in [3.05, 3.63) is 71.0 Å². The molecule has 3 rings (SSSR count). The second-order valence-corrected chi connectivity index (χ2v) is 5.32. The molecule has 0 unspecified atom stereocenters. The molecule has 120 valence electrons. The summed E-state index contributed by atoms with van der Waals surface area (Å²) in [4.78, 5) is 0. The van der Waals surface area contributed by atoms with Crippen LogP contribution in [0.15, 0.2) is 65.8 Å². The molecule has 5 nitrogen and oxygen atoms in total. The number of methoxy groups -OCH3 is 1. The molecule has 0 aliphatic carbocycles. The van der Waals surface area contributed by atoms with Crippen molar-refractivity contribution < 1.29 is 4.74 Å². The summed E-state index contributed by atoms with van der Waals surface area (Å²) in [6, 6.07) is 17.6. The average molecular weight is 336 g/mol. The van der Waals surface area contributed by atoms with Gasteiger partial charge in [-0.25, -0.2) is 5.10 Å². The molecular weight excluding hydrogens is 320 g/mol. The van der Waals surface area contributed by atoms with Gasteiger partial charge in [0.1, 0.15) is 5.75 Å². The highest BCUT2D eigenvalue weighted by molar-refractivity contribution is 7.71. The Kier molecular flexibility index (Phi) is 4.98. The van der Waals surface area contributed by atoms with Crippen LogP contribution in [-0.2, 0) is 0 Å². The first-order valence-corrected chi connectivity index (χ1v) is 7.76. The third-order valence-electron chi connectivity index (χ3n) is 3.33. The molecule has 0 aliphatic rings. The van der Waals surface area contributed by atoms with Crippen LogP contribution < -0.4 is 4.74 Å². The fraction of sp³-hybridized carbons (Fsp3) is 0.0556. The van der Waals surface area contributed by atoms with Crippen LogP contribution in [0.4, 0.5) is 0 Å². The van der Waals surface area contributed by atoms with Gasteiger partial charge in [0.15, 0.2) is 5.82 Å². The van der Waals surface area contributed by atoms with Gasteiger partial charge in [0.2, 0.25) is 4.77 Å². The molecule has 0 amide bonds. The molecule has 0 saturated heterocycles. The van der Waals surface area contributed by atoms with Gasteiger partial charge in [-0.05, 0) is 36.0 Å². The zero-order valence-electron chi connectivity index (χ0n) is 13.1. The molecule has 0 aliphatic heterocycles. The van der Waals surface area contributed by atoms with Crippen LogP contribution in [0.25, 0.3) is 17.5 Å². The van der Waals surface area contributed by atoms with E-state index in [1.54, 1.807) is 18.0 Å². The van der Waals surface area contributed by atoms with Crippen molar-refractivity contribution in [1.82, 2.24) is 14.9 Å². The number of H-pyrrole nitrogens is 1. The molecule has 0 spiro atoms. The molecule has 1 aromatic heterocycles. The van der Waals surface area contributed by atoms with Gasteiger partial charge >= 0.3 is 0 Å². The minimum absolute atomic E-state index is 0.428. The van der Waals surface area contributed by atoms with Crippen LogP contribution in [0.3, 0.4) is 0 Å². The van der Waals surface area contributed by atoms with Gasteiger partial charge in [0.05, 0.1) is 7.11 Å². The Morgan fingerprint density at radius 3 is 2.79 bits per heavy atom. The average Bonchev–Trinajstić information content (AvgIpc) is 3.00. The minimum atomic E-state index is 0.428. The van der Waals surface area contributed by atoms with Gasteiger partial charge < -0.3 is 4.74 Å². The lowest BCUT2D eigenvalue weighted by Gasteiger charge is -2.03. The number of nitrogens with zero attached hydrogens (tertiary/aromatic N) is 3. The summed E-state index contributed by atoms with van der Waals surface area (Å²) in [6.07, 6.45) is 5.51. The van der Waals surface area contributed by atoms with Gasteiger partial charge in [-0.15, -0.1) is 0 Å². The van der Waals surface area contributed by atoms with Gasteiger partial charge in [-0.2, -0.15) is 14.9 Å². The Bertz CT molecular complexity index is 925. The normalized spacial score (nSPS) is 11.4. The maximum absolute atomic E-state index is 5.25. The summed E-state index contributed by atoms with van der Waals surface area (Å²) in [5.74, 6) is 1.38. The Balaban J connectivity index is 1.86. The summed E-state index contributed by atoms with van der Waals surface area (Å²) in [7, 11) is 1.63. The van der Waals surface area contributed by atoms with Crippen molar-refractivity contribution in [1.29, 1.82) is 0 Å².